The Morgan fingerprint density at radius 1 is 0.815 bits per heavy atom. The molecule has 4 aromatic rings. The van der Waals surface area contributed by atoms with Crippen LogP contribution in [0.1, 0.15) is 15.9 Å². The minimum absolute atomic E-state index is 0.0843. The Labute approximate surface area is 156 Å². The van der Waals surface area contributed by atoms with Gasteiger partial charge in [-0.05, 0) is 30.7 Å². The highest BCUT2D eigenvalue weighted by Gasteiger charge is 2.23. The van der Waals surface area contributed by atoms with E-state index in [4.69, 9.17) is 0 Å². The van der Waals surface area contributed by atoms with E-state index >= 15 is 0 Å². The van der Waals surface area contributed by atoms with Crippen molar-refractivity contribution in [1.29, 1.82) is 0 Å². The highest BCUT2D eigenvalue weighted by molar-refractivity contribution is 7.90. The van der Waals surface area contributed by atoms with Crippen LogP contribution in [0, 0.1) is 6.92 Å². The highest BCUT2D eigenvalue weighted by Crippen LogP contribution is 2.26. The van der Waals surface area contributed by atoms with Crippen LogP contribution in [0.3, 0.4) is 0 Å². The number of hydrogen-bond donors (Lipinski definition) is 1. The van der Waals surface area contributed by atoms with E-state index < -0.39 is 15.9 Å². The summed E-state index contributed by atoms with van der Waals surface area (Å²) in [5.74, 6) is -0.673. The summed E-state index contributed by atoms with van der Waals surface area (Å²) in [7, 11) is -4.00. The Kier molecular flexibility index (Phi) is 4.12. The number of fused-ring (bicyclic) bond motifs is 2. The fraction of sp³-hybridized carbons (Fsp3) is 0.0476. The van der Waals surface area contributed by atoms with Gasteiger partial charge >= 0.3 is 0 Å². The van der Waals surface area contributed by atoms with E-state index in [1.165, 1.54) is 6.07 Å². The van der Waals surface area contributed by atoms with Gasteiger partial charge in [-0.15, -0.1) is 0 Å². The second kappa shape index (κ2) is 6.48. The second-order valence-electron chi connectivity index (χ2n) is 6.22. The third-order valence-electron chi connectivity index (χ3n) is 4.42. The van der Waals surface area contributed by atoms with E-state index in [0.717, 1.165) is 0 Å². The summed E-state index contributed by atoms with van der Waals surface area (Å²) in [5, 5.41) is 1.21. The molecule has 0 saturated heterocycles. The number of hydrogen-bond acceptors (Lipinski definition) is 4. The topological polar surface area (TPSA) is 76.1 Å². The smallest absolute Gasteiger partial charge is 0.266 e. The molecule has 0 bridgehead atoms. The number of carbonyl (C=O) groups excluding carboxylic acids is 1. The summed E-state index contributed by atoms with van der Waals surface area (Å²) < 4.78 is 27.7. The van der Waals surface area contributed by atoms with E-state index in [1.807, 2.05) is 12.1 Å². The van der Waals surface area contributed by atoms with Crippen LogP contribution in [0.15, 0.2) is 77.7 Å². The minimum Gasteiger partial charge on any atom is -0.268 e. The molecule has 0 aliphatic rings. The number of carbonyl (C=O) groups is 1. The molecule has 134 valence electrons. The van der Waals surface area contributed by atoms with Crippen LogP contribution in [-0.4, -0.2) is 19.3 Å². The molecule has 0 fully saturated rings. The third-order valence-corrected chi connectivity index (χ3v) is 5.92. The van der Waals surface area contributed by atoms with E-state index in [-0.39, 0.29) is 4.90 Å². The van der Waals surface area contributed by atoms with Crippen molar-refractivity contribution in [3.63, 3.8) is 0 Å². The zero-order valence-electron chi connectivity index (χ0n) is 14.5. The molecular formula is C21H16N2O3S. The molecule has 0 aliphatic carbocycles. The molecule has 27 heavy (non-hydrogen) atoms. The molecule has 5 nitrogen and oxygen atoms in total. The molecule has 1 heterocycles. The van der Waals surface area contributed by atoms with Crippen molar-refractivity contribution in [1.82, 2.24) is 9.71 Å². The fourth-order valence-corrected chi connectivity index (χ4v) is 4.38. The number of aryl methyl sites for hydroxylation is 1. The molecule has 0 unspecified atom stereocenters. The lowest BCUT2D eigenvalue weighted by molar-refractivity contribution is 0.0984. The van der Waals surface area contributed by atoms with Crippen molar-refractivity contribution < 1.29 is 13.2 Å². The van der Waals surface area contributed by atoms with Gasteiger partial charge in [0, 0.05) is 10.8 Å². The molecule has 1 N–H and O–H groups in total. The normalized spacial score (nSPS) is 11.6. The number of sulfonamides is 1. The van der Waals surface area contributed by atoms with Crippen LogP contribution in [0.5, 0.6) is 0 Å². The highest BCUT2D eigenvalue weighted by atomic mass is 32.2. The monoisotopic (exact) mass is 376 g/mol. The zero-order chi connectivity index (χ0) is 19.0. The van der Waals surface area contributed by atoms with Crippen LogP contribution >= 0.6 is 0 Å². The molecule has 0 aliphatic heterocycles. The Morgan fingerprint density at radius 2 is 1.33 bits per heavy atom. The molecule has 0 saturated carbocycles. The maximum atomic E-state index is 13.1. The van der Waals surface area contributed by atoms with E-state index in [9.17, 15) is 13.2 Å². The lowest BCUT2D eigenvalue weighted by atomic mass is 10.0. The van der Waals surface area contributed by atoms with Gasteiger partial charge in [-0.3, -0.25) is 4.79 Å². The number of nitrogens with one attached hydrogen (secondary N) is 1. The largest absolute Gasteiger partial charge is 0.268 e. The van der Waals surface area contributed by atoms with E-state index in [0.29, 0.717) is 32.9 Å². The van der Waals surface area contributed by atoms with Crippen molar-refractivity contribution in [3.05, 3.63) is 83.9 Å². The summed E-state index contributed by atoms with van der Waals surface area (Å²) in [6, 6.07) is 20.9. The van der Waals surface area contributed by atoms with Crippen molar-refractivity contribution in [2.45, 2.75) is 11.8 Å². The van der Waals surface area contributed by atoms with Crippen molar-refractivity contribution in [3.8, 4) is 0 Å². The predicted octanol–water partition coefficient (Wildman–Crippen LogP) is 3.82. The van der Waals surface area contributed by atoms with Crippen LogP contribution < -0.4 is 4.72 Å². The number of aromatic nitrogens is 1. The van der Waals surface area contributed by atoms with Crippen LogP contribution in [0.4, 0.5) is 0 Å². The van der Waals surface area contributed by atoms with Crippen LogP contribution in [0.25, 0.3) is 21.8 Å². The Hall–Kier alpha value is -3.25. The van der Waals surface area contributed by atoms with Gasteiger partial charge in [0.1, 0.15) is 0 Å². The van der Waals surface area contributed by atoms with Crippen LogP contribution in [-0.2, 0) is 10.0 Å². The van der Waals surface area contributed by atoms with E-state index in [1.54, 1.807) is 61.5 Å². The summed E-state index contributed by atoms with van der Waals surface area (Å²) in [6.07, 6.45) is 0. The number of nitrogens with zero attached hydrogens (tertiary/aromatic N) is 1. The van der Waals surface area contributed by atoms with Gasteiger partial charge in [-0.2, -0.15) is 0 Å². The molecule has 1 aromatic heterocycles. The first kappa shape index (κ1) is 17.2. The Balaban J connectivity index is 1.89. The van der Waals surface area contributed by atoms with Crippen LogP contribution in [0.2, 0.25) is 0 Å². The van der Waals surface area contributed by atoms with Gasteiger partial charge in [0.15, 0.2) is 0 Å². The minimum atomic E-state index is -4.00. The van der Waals surface area contributed by atoms with Gasteiger partial charge in [0.25, 0.3) is 15.9 Å². The van der Waals surface area contributed by atoms with Crippen molar-refractivity contribution in [2.24, 2.45) is 0 Å². The number of rotatable bonds is 3. The van der Waals surface area contributed by atoms with Gasteiger partial charge in [0.05, 0.1) is 21.5 Å². The summed E-state index contributed by atoms with van der Waals surface area (Å²) in [4.78, 5) is 17.7. The second-order valence-corrected chi connectivity index (χ2v) is 7.87. The van der Waals surface area contributed by atoms with Gasteiger partial charge in [-0.25, -0.2) is 18.1 Å². The Morgan fingerprint density at radius 3 is 1.93 bits per heavy atom. The average molecular weight is 376 g/mol. The molecular weight excluding hydrogens is 360 g/mol. The quantitative estimate of drug-likeness (QED) is 0.552. The maximum Gasteiger partial charge on any atom is 0.266 e. The lowest BCUT2D eigenvalue weighted by Gasteiger charge is -2.12. The summed E-state index contributed by atoms with van der Waals surface area (Å²) >= 11 is 0. The molecule has 0 spiro atoms. The van der Waals surface area contributed by atoms with Gasteiger partial charge in [-0.1, -0.05) is 54.6 Å². The molecule has 6 heteroatoms. The predicted molar refractivity (Wildman–Crippen MR) is 105 cm³/mol. The first-order chi connectivity index (χ1) is 13.0. The molecule has 0 radical (unpaired) electrons. The maximum absolute atomic E-state index is 13.1. The van der Waals surface area contributed by atoms with Gasteiger partial charge in [0.2, 0.25) is 0 Å². The van der Waals surface area contributed by atoms with E-state index in [2.05, 4.69) is 9.71 Å². The SMILES string of the molecule is Cc1ccccc1S(=O)(=O)NC(=O)c1c2ccccc2nc2ccccc12. The van der Waals surface area contributed by atoms with Crippen molar-refractivity contribution in [2.75, 3.05) is 0 Å². The molecule has 0 atom stereocenters. The first-order valence-corrected chi connectivity index (χ1v) is 9.86. The summed E-state index contributed by atoms with van der Waals surface area (Å²) in [6.45, 7) is 1.69. The molecule has 1 amide bonds. The molecule has 3 aromatic carbocycles. The first-order valence-electron chi connectivity index (χ1n) is 8.37. The standard InChI is InChI=1S/C21H16N2O3S/c1-14-8-2-7-13-19(14)27(25,26)23-21(24)20-15-9-3-5-11-17(15)22-18-12-6-4-10-16(18)20/h2-13H,1H3,(H,23,24). The average Bonchev–Trinajstić information content (AvgIpc) is 2.65. The third kappa shape index (κ3) is 3.04. The number of benzene rings is 3. The lowest BCUT2D eigenvalue weighted by Crippen LogP contribution is -2.31. The zero-order valence-corrected chi connectivity index (χ0v) is 15.3. The van der Waals surface area contributed by atoms with Gasteiger partial charge < -0.3 is 0 Å². The molecule has 4 rings (SSSR count). The number of para-hydroxylation sites is 2. The summed E-state index contributed by atoms with van der Waals surface area (Å²) in [5.41, 5.74) is 2.14. The Bertz CT molecular complexity index is 1240. The number of pyridine rings is 1. The fourth-order valence-electron chi connectivity index (χ4n) is 3.17. The number of amides is 1. The van der Waals surface area contributed by atoms with Crippen molar-refractivity contribution >= 4 is 37.7 Å².